The van der Waals surface area contributed by atoms with Gasteiger partial charge in [0.2, 0.25) is 0 Å². The highest BCUT2D eigenvalue weighted by molar-refractivity contribution is 6.30. The predicted octanol–water partition coefficient (Wildman–Crippen LogP) is 4.09. The van der Waals surface area contributed by atoms with Crippen LogP contribution in [0.1, 0.15) is 11.1 Å². The second-order valence-corrected chi connectivity index (χ2v) is 6.98. The molecule has 28 heavy (non-hydrogen) atoms. The van der Waals surface area contributed by atoms with Crippen molar-refractivity contribution in [3.63, 3.8) is 0 Å². The highest BCUT2D eigenvalue weighted by Gasteiger charge is 2.17. The normalized spacial score (nSPS) is 11.3. The van der Waals surface area contributed by atoms with Gasteiger partial charge in [0.1, 0.15) is 11.6 Å². The number of halogens is 3. The van der Waals surface area contributed by atoms with E-state index in [1.165, 1.54) is 40.6 Å². The van der Waals surface area contributed by atoms with Crippen molar-refractivity contribution >= 4 is 22.8 Å². The molecule has 0 amide bonds. The molecule has 4 rings (SSSR count). The van der Waals surface area contributed by atoms with Crippen molar-refractivity contribution in [3.05, 3.63) is 81.1 Å². The number of rotatable bonds is 3. The third kappa shape index (κ3) is 2.97. The van der Waals surface area contributed by atoms with Crippen LogP contribution in [0.3, 0.4) is 0 Å². The number of fused-ring (bicyclic) bond motifs is 1. The molecule has 8 heteroatoms. The van der Waals surface area contributed by atoms with Crippen molar-refractivity contribution in [2.75, 3.05) is 0 Å². The Morgan fingerprint density at radius 2 is 1.93 bits per heavy atom. The van der Waals surface area contributed by atoms with Gasteiger partial charge < -0.3 is 0 Å². The van der Waals surface area contributed by atoms with Crippen LogP contribution >= 0.6 is 11.6 Å². The number of benzene rings is 1. The molecular weight excluding hydrogens is 386 g/mol. The number of pyridine rings is 2. The first-order chi connectivity index (χ1) is 13.4. The molecule has 0 radical (unpaired) electrons. The molecule has 0 saturated carbocycles. The Kier molecular flexibility index (Phi) is 4.47. The van der Waals surface area contributed by atoms with Gasteiger partial charge in [-0.25, -0.2) is 18.6 Å². The van der Waals surface area contributed by atoms with E-state index in [9.17, 15) is 13.6 Å². The summed E-state index contributed by atoms with van der Waals surface area (Å²) in [5.74, 6) is -1.26. The highest BCUT2D eigenvalue weighted by atomic mass is 35.5. The van der Waals surface area contributed by atoms with Gasteiger partial charge in [0, 0.05) is 42.3 Å². The molecule has 0 spiro atoms. The minimum absolute atomic E-state index is 0.0620. The van der Waals surface area contributed by atoms with Crippen LogP contribution in [0.15, 0.2) is 47.7 Å². The van der Waals surface area contributed by atoms with Crippen molar-refractivity contribution in [1.29, 1.82) is 0 Å². The summed E-state index contributed by atoms with van der Waals surface area (Å²) in [6.45, 7) is 1.62. The third-order valence-electron chi connectivity index (χ3n) is 4.71. The van der Waals surface area contributed by atoms with Crippen LogP contribution in [0.2, 0.25) is 5.02 Å². The number of aryl methyl sites for hydroxylation is 1. The minimum atomic E-state index is -0.648. The van der Waals surface area contributed by atoms with Gasteiger partial charge in [-0.3, -0.25) is 14.1 Å². The van der Waals surface area contributed by atoms with Crippen LogP contribution in [0.4, 0.5) is 8.78 Å². The first-order valence-electron chi connectivity index (χ1n) is 8.46. The summed E-state index contributed by atoms with van der Waals surface area (Å²) in [5, 5.41) is 0.466. The first-order valence-corrected chi connectivity index (χ1v) is 8.84. The molecule has 0 bridgehead atoms. The van der Waals surface area contributed by atoms with Crippen molar-refractivity contribution in [3.8, 4) is 11.1 Å². The van der Waals surface area contributed by atoms with E-state index in [-0.39, 0.29) is 23.4 Å². The summed E-state index contributed by atoms with van der Waals surface area (Å²) in [6.07, 6.45) is 4.61. The van der Waals surface area contributed by atoms with Gasteiger partial charge in [-0.2, -0.15) is 0 Å². The average molecular weight is 401 g/mol. The van der Waals surface area contributed by atoms with Crippen molar-refractivity contribution in [2.45, 2.75) is 13.5 Å². The standard InChI is InChI=1S/C20H15ClF2N4O/c1-11-16(22)4-3-15(18(11)23)13-6-17-19(25-8-13)26(2)20(28)27(17)10-12-5-14(21)9-24-7-12/h3-9H,10H2,1-2H3. The molecule has 0 atom stereocenters. The summed E-state index contributed by atoms with van der Waals surface area (Å²) in [5.41, 5.74) is 2.09. The Bertz CT molecular complexity index is 1280. The Morgan fingerprint density at radius 1 is 1.14 bits per heavy atom. The molecule has 0 unspecified atom stereocenters. The summed E-state index contributed by atoms with van der Waals surface area (Å²) >= 11 is 5.98. The number of imidazole rings is 1. The summed E-state index contributed by atoms with van der Waals surface area (Å²) < 4.78 is 31.1. The molecule has 1 aromatic carbocycles. The zero-order chi connectivity index (χ0) is 20.0. The van der Waals surface area contributed by atoms with Gasteiger partial charge in [0.05, 0.1) is 17.1 Å². The molecule has 0 N–H and O–H groups in total. The van der Waals surface area contributed by atoms with E-state index in [1.54, 1.807) is 25.4 Å². The maximum Gasteiger partial charge on any atom is 0.330 e. The fourth-order valence-electron chi connectivity index (χ4n) is 3.19. The molecule has 3 aromatic heterocycles. The molecule has 0 aliphatic carbocycles. The van der Waals surface area contributed by atoms with Gasteiger partial charge in [-0.1, -0.05) is 11.6 Å². The molecule has 0 saturated heterocycles. The fourth-order valence-corrected chi connectivity index (χ4v) is 3.38. The van der Waals surface area contributed by atoms with E-state index in [2.05, 4.69) is 9.97 Å². The Hall–Kier alpha value is -3.06. The lowest BCUT2D eigenvalue weighted by Gasteiger charge is -2.08. The summed E-state index contributed by atoms with van der Waals surface area (Å²) in [7, 11) is 1.62. The summed E-state index contributed by atoms with van der Waals surface area (Å²) in [4.78, 5) is 21.1. The lowest BCUT2D eigenvalue weighted by atomic mass is 10.0. The molecular formula is C20H15ClF2N4O. The first kappa shape index (κ1) is 18.3. The Morgan fingerprint density at radius 3 is 2.68 bits per heavy atom. The predicted molar refractivity (Wildman–Crippen MR) is 103 cm³/mol. The number of nitrogens with zero attached hydrogens (tertiary/aromatic N) is 4. The van der Waals surface area contributed by atoms with Gasteiger partial charge in [-0.15, -0.1) is 0 Å². The quantitative estimate of drug-likeness (QED) is 0.520. The zero-order valence-electron chi connectivity index (χ0n) is 15.1. The highest BCUT2D eigenvalue weighted by Crippen LogP contribution is 2.28. The van der Waals surface area contributed by atoms with Crippen LogP contribution in [-0.4, -0.2) is 19.1 Å². The molecule has 3 heterocycles. The van der Waals surface area contributed by atoms with Crippen LogP contribution < -0.4 is 5.69 Å². The van der Waals surface area contributed by atoms with E-state index < -0.39 is 11.6 Å². The van der Waals surface area contributed by atoms with Crippen molar-refractivity contribution in [2.24, 2.45) is 7.05 Å². The largest absolute Gasteiger partial charge is 0.330 e. The van der Waals surface area contributed by atoms with E-state index in [4.69, 9.17) is 11.6 Å². The zero-order valence-corrected chi connectivity index (χ0v) is 15.8. The smallest absolute Gasteiger partial charge is 0.286 e. The molecule has 5 nitrogen and oxygen atoms in total. The molecule has 0 fully saturated rings. The van der Waals surface area contributed by atoms with Gasteiger partial charge in [-0.05, 0) is 36.8 Å². The summed E-state index contributed by atoms with van der Waals surface area (Å²) in [6, 6.07) is 5.98. The maximum atomic E-state index is 14.6. The van der Waals surface area contributed by atoms with Crippen LogP contribution in [0, 0.1) is 18.6 Å². The second kappa shape index (κ2) is 6.83. The van der Waals surface area contributed by atoms with E-state index in [0.29, 0.717) is 21.7 Å². The molecule has 4 aromatic rings. The number of hydrogen-bond acceptors (Lipinski definition) is 3. The monoisotopic (exact) mass is 400 g/mol. The third-order valence-corrected chi connectivity index (χ3v) is 4.91. The van der Waals surface area contributed by atoms with Crippen LogP contribution in [-0.2, 0) is 13.6 Å². The lowest BCUT2D eigenvalue weighted by Crippen LogP contribution is -2.22. The molecule has 0 aliphatic rings. The van der Waals surface area contributed by atoms with E-state index >= 15 is 0 Å². The fraction of sp³-hybridized carbons (Fsp3) is 0.150. The molecule has 0 aliphatic heterocycles. The van der Waals surface area contributed by atoms with Gasteiger partial charge in [0.15, 0.2) is 5.65 Å². The van der Waals surface area contributed by atoms with Crippen LogP contribution in [0.25, 0.3) is 22.3 Å². The Balaban J connectivity index is 1.90. The average Bonchev–Trinajstić information content (AvgIpc) is 2.91. The maximum absolute atomic E-state index is 14.6. The number of hydrogen-bond donors (Lipinski definition) is 0. The Labute approximate surface area is 163 Å². The molecule has 142 valence electrons. The lowest BCUT2D eigenvalue weighted by molar-refractivity contribution is 0.570. The SMILES string of the molecule is Cc1c(F)ccc(-c2cnc3c(c2)n(Cc2cncc(Cl)c2)c(=O)n3C)c1F. The van der Waals surface area contributed by atoms with E-state index in [0.717, 1.165) is 5.56 Å². The van der Waals surface area contributed by atoms with E-state index in [1.807, 2.05) is 0 Å². The van der Waals surface area contributed by atoms with Crippen molar-refractivity contribution < 1.29 is 8.78 Å². The van der Waals surface area contributed by atoms with Crippen LogP contribution in [0.5, 0.6) is 0 Å². The minimum Gasteiger partial charge on any atom is -0.286 e. The van der Waals surface area contributed by atoms with Crippen molar-refractivity contribution in [1.82, 2.24) is 19.1 Å². The second-order valence-electron chi connectivity index (χ2n) is 6.54. The topological polar surface area (TPSA) is 52.7 Å². The number of aromatic nitrogens is 4. The van der Waals surface area contributed by atoms with Gasteiger partial charge >= 0.3 is 5.69 Å². The van der Waals surface area contributed by atoms with Gasteiger partial charge in [0.25, 0.3) is 0 Å².